The lowest BCUT2D eigenvalue weighted by Gasteiger charge is -2.18. The highest BCUT2D eigenvalue weighted by molar-refractivity contribution is 6.08. The molecule has 1 rings (SSSR count). The Balaban J connectivity index is 2.97. The summed E-state index contributed by atoms with van der Waals surface area (Å²) in [7, 11) is 0. The molecule has 0 radical (unpaired) electrons. The minimum Gasteiger partial charge on any atom is -0.480 e. The topological polar surface area (TPSA) is 90.2 Å². The normalized spacial score (nSPS) is 10.4. The molecule has 17 heavy (non-hydrogen) atoms. The van der Waals surface area contributed by atoms with Crippen LogP contribution in [0.1, 0.15) is 19.4 Å². The Morgan fingerprint density at radius 1 is 1.35 bits per heavy atom. The van der Waals surface area contributed by atoms with E-state index in [-0.39, 0.29) is 0 Å². The van der Waals surface area contributed by atoms with Crippen LogP contribution in [0.25, 0.3) is 0 Å². The number of carbonyl (C=O) groups excluding carboxylic acids is 1. The fourth-order valence-corrected chi connectivity index (χ4v) is 1.07. The van der Waals surface area contributed by atoms with Gasteiger partial charge < -0.3 is 10.4 Å². The average molecular weight is 232 g/mol. The Bertz CT molecular complexity index is 501. The zero-order chi connectivity index (χ0) is 13.1. The first-order chi connectivity index (χ1) is 7.89. The fraction of sp³-hybridized carbons (Fsp3) is 0.250. The van der Waals surface area contributed by atoms with E-state index in [0.29, 0.717) is 11.3 Å². The molecule has 0 saturated heterocycles. The number of nitrogens with zero attached hydrogens (tertiary/aromatic N) is 1. The number of benzene rings is 1. The van der Waals surface area contributed by atoms with Crippen LogP contribution >= 0.6 is 0 Å². The van der Waals surface area contributed by atoms with Gasteiger partial charge in [0, 0.05) is 0 Å². The third kappa shape index (κ3) is 2.61. The van der Waals surface area contributed by atoms with Crippen LogP contribution in [0.2, 0.25) is 0 Å². The lowest BCUT2D eigenvalue weighted by molar-refractivity contribution is -0.151. The first kappa shape index (κ1) is 12.7. The van der Waals surface area contributed by atoms with Gasteiger partial charge in [-0.3, -0.25) is 9.59 Å². The number of carboxylic acid groups (broad SMARTS) is 1. The summed E-state index contributed by atoms with van der Waals surface area (Å²) in [5.74, 6) is -1.88. The number of nitriles is 1. The van der Waals surface area contributed by atoms with Gasteiger partial charge in [0.1, 0.15) is 11.5 Å². The SMILES string of the molecule is CC(C)(C(=O)O)C(=O)Nc1ccccc1C#N. The number of anilines is 1. The van der Waals surface area contributed by atoms with E-state index >= 15 is 0 Å². The van der Waals surface area contributed by atoms with Crippen LogP contribution in [0, 0.1) is 16.7 Å². The number of hydrogen-bond donors (Lipinski definition) is 2. The summed E-state index contributed by atoms with van der Waals surface area (Å²) in [5.41, 5.74) is -0.931. The van der Waals surface area contributed by atoms with Crippen LogP contribution in [0.15, 0.2) is 24.3 Å². The van der Waals surface area contributed by atoms with Crippen molar-refractivity contribution in [2.24, 2.45) is 5.41 Å². The molecule has 0 aromatic heterocycles. The highest BCUT2D eigenvalue weighted by atomic mass is 16.4. The van der Waals surface area contributed by atoms with Gasteiger partial charge in [-0.2, -0.15) is 5.26 Å². The van der Waals surface area contributed by atoms with E-state index in [0.717, 1.165) is 0 Å². The number of aliphatic carboxylic acids is 1. The van der Waals surface area contributed by atoms with Crippen molar-refractivity contribution in [1.29, 1.82) is 5.26 Å². The number of amides is 1. The standard InChI is InChI=1S/C12H12N2O3/c1-12(2,11(16)17)10(15)14-9-6-4-3-5-8(9)7-13/h3-6H,1-2H3,(H,14,15)(H,16,17). The number of rotatable bonds is 3. The van der Waals surface area contributed by atoms with Gasteiger partial charge in [0.05, 0.1) is 11.3 Å². The van der Waals surface area contributed by atoms with Crippen molar-refractivity contribution in [3.8, 4) is 6.07 Å². The second-order valence-electron chi connectivity index (χ2n) is 4.04. The number of hydrogen-bond acceptors (Lipinski definition) is 3. The number of nitrogens with one attached hydrogen (secondary N) is 1. The van der Waals surface area contributed by atoms with E-state index in [2.05, 4.69) is 5.32 Å². The summed E-state index contributed by atoms with van der Waals surface area (Å²) < 4.78 is 0. The highest BCUT2D eigenvalue weighted by Gasteiger charge is 2.36. The highest BCUT2D eigenvalue weighted by Crippen LogP contribution is 2.20. The molecular formula is C12H12N2O3. The first-order valence-corrected chi connectivity index (χ1v) is 4.93. The summed E-state index contributed by atoms with van der Waals surface area (Å²) in [6.45, 7) is 2.61. The van der Waals surface area contributed by atoms with Crippen LogP contribution in [0.4, 0.5) is 5.69 Å². The third-order valence-electron chi connectivity index (χ3n) is 2.40. The van der Waals surface area contributed by atoms with Crippen LogP contribution < -0.4 is 5.32 Å². The Morgan fingerprint density at radius 3 is 2.47 bits per heavy atom. The maximum Gasteiger partial charge on any atom is 0.318 e. The number of carboxylic acids is 1. The van der Waals surface area contributed by atoms with Gasteiger partial charge in [-0.1, -0.05) is 12.1 Å². The maximum absolute atomic E-state index is 11.7. The van der Waals surface area contributed by atoms with Gasteiger partial charge in [-0.05, 0) is 26.0 Å². The molecule has 0 fully saturated rings. The number of carbonyl (C=O) groups is 2. The van der Waals surface area contributed by atoms with Crippen LogP contribution in [-0.2, 0) is 9.59 Å². The van der Waals surface area contributed by atoms with E-state index < -0.39 is 17.3 Å². The van der Waals surface area contributed by atoms with Crippen molar-refractivity contribution in [3.05, 3.63) is 29.8 Å². The molecule has 1 aromatic carbocycles. The molecule has 0 aliphatic carbocycles. The molecule has 0 saturated carbocycles. The summed E-state index contributed by atoms with van der Waals surface area (Å²) in [4.78, 5) is 22.6. The van der Waals surface area contributed by atoms with Gasteiger partial charge in [-0.25, -0.2) is 0 Å². The molecule has 0 heterocycles. The summed E-state index contributed by atoms with van der Waals surface area (Å²) in [6, 6.07) is 8.33. The third-order valence-corrected chi connectivity index (χ3v) is 2.40. The predicted molar refractivity (Wildman–Crippen MR) is 61.2 cm³/mol. The van der Waals surface area contributed by atoms with Gasteiger partial charge in [-0.15, -0.1) is 0 Å². The smallest absolute Gasteiger partial charge is 0.318 e. The molecule has 2 N–H and O–H groups in total. The van der Waals surface area contributed by atoms with E-state index in [4.69, 9.17) is 10.4 Å². The first-order valence-electron chi connectivity index (χ1n) is 4.93. The molecule has 0 aliphatic heterocycles. The van der Waals surface area contributed by atoms with Crippen LogP contribution in [0.5, 0.6) is 0 Å². The van der Waals surface area contributed by atoms with E-state index in [1.165, 1.54) is 13.8 Å². The van der Waals surface area contributed by atoms with Crippen LogP contribution in [0.3, 0.4) is 0 Å². The van der Waals surface area contributed by atoms with Gasteiger partial charge in [0.15, 0.2) is 0 Å². The molecule has 1 aromatic rings. The van der Waals surface area contributed by atoms with Crippen molar-refractivity contribution in [3.63, 3.8) is 0 Å². The molecule has 88 valence electrons. The summed E-state index contributed by atoms with van der Waals surface area (Å²) in [6.07, 6.45) is 0. The van der Waals surface area contributed by atoms with Crippen molar-refractivity contribution in [2.75, 3.05) is 5.32 Å². The Kier molecular flexibility index (Phi) is 3.49. The molecule has 5 nitrogen and oxygen atoms in total. The second-order valence-corrected chi connectivity index (χ2v) is 4.04. The lowest BCUT2D eigenvalue weighted by atomic mass is 9.92. The average Bonchev–Trinajstić information content (AvgIpc) is 2.29. The molecule has 0 bridgehead atoms. The van der Waals surface area contributed by atoms with Crippen molar-refractivity contribution in [2.45, 2.75) is 13.8 Å². The van der Waals surface area contributed by atoms with E-state index in [9.17, 15) is 9.59 Å². The predicted octanol–water partition coefficient (Wildman–Crippen LogP) is 1.61. The monoisotopic (exact) mass is 232 g/mol. The summed E-state index contributed by atoms with van der Waals surface area (Å²) >= 11 is 0. The van der Waals surface area contributed by atoms with E-state index in [1.807, 2.05) is 6.07 Å². The molecule has 1 amide bonds. The molecule has 0 aliphatic rings. The molecule has 5 heteroatoms. The Labute approximate surface area is 98.7 Å². The van der Waals surface area contributed by atoms with Gasteiger partial charge in [0.25, 0.3) is 0 Å². The quantitative estimate of drug-likeness (QED) is 0.774. The second kappa shape index (κ2) is 4.66. The minimum absolute atomic E-state index is 0.294. The van der Waals surface area contributed by atoms with Crippen molar-refractivity contribution >= 4 is 17.6 Å². The van der Waals surface area contributed by atoms with Gasteiger partial charge in [0.2, 0.25) is 5.91 Å². The number of para-hydroxylation sites is 1. The fourth-order valence-electron chi connectivity index (χ4n) is 1.07. The lowest BCUT2D eigenvalue weighted by Crippen LogP contribution is -2.38. The molecule has 0 spiro atoms. The zero-order valence-electron chi connectivity index (χ0n) is 9.52. The van der Waals surface area contributed by atoms with Crippen LogP contribution in [-0.4, -0.2) is 17.0 Å². The van der Waals surface area contributed by atoms with E-state index in [1.54, 1.807) is 24.3 Å². The largest absolute Gasteiger partial charge is 0.480 e. The maximum atomic E-state index is 11.7. The Hall–Kier alpha value is -2.35. The molecule has 0 unspecified atom stereocenters. The summed E-state index contributed by atoms with van der Waals surface area (Å²) in [5, 5.41) is 20.2. The Morgan fingerprint density at radius 2 is 1.94 bits per heavy atom. The minimum atomic E-state index is -1.54. The van der Waals surface area contributed by atoms with Crippen molar-refractivity contribution < 1.29 is 14.7 Å². The van der Waals surface area contributed by atoms with Crippen molar-refractivity contribution in [1.82, 2.24) is 0 Å². The molecular weight excluding hydrogens is 220 g/mol. The molecule has 0 atom stereocenters. The zero-order valence-corrected chi connectivity index (χ0v) is 9.52. The van der Waals surface area contributed by atoms with Gasteiger partial charge >= 0.3 is 5.97 Å².